The zero-order valence-electron chi connectivity index (χ0n) is 27.3. The van der Waals surface area contributed by atoms with Crippen LogP contribution in [0, 0.1) is 0 Å². The van der Waals surface area contributed by atoms with Gasteiger partial charge in [-0.15, -0.1) is 0 Å². The molecule has 0 aromatic rings. The lowest BCUT2D eigenvalue weighted by Gasteiger charge is -2.43. The molecule has 5 unspecified atom stereocenters. The van der Waals surface area contributed by atoms with Crippen molar-refractivity contribution in [2.75, 3.05) is 29.6 Å². The predicted octanol–water partition coefficient (Wildman–Crippen LogP) is -2.49. The highest BCUT2D eigenvalue weighted by Crippen LogP contribution is 2.30. The highest BCUT2D eigenvalue weighted by molar-refractivity contribution is 7.88. The van der Waals surface area contributed by atoms with Gasteiger partial charge in [0.15, 0.2) is 0 Å². The summed E-state index contributed by atoms with van der Waals surface area (Å²) in [5, 5.41) is -10.9. The second-order valence-corrected chi connectivity index (χ2v) is 24.2. The van der Waals surface area contributed by atoms with Gasteiger partial charge in [0.05, 0.1) is 23.0 Å². The minimum absolute atomic E-state index is 0.0782. The molecule has 0 aromatic heterocycles. The van der Waals surface area contributed by atoms with E-state index in [2.05, 4.69) is 0 Å². The third-order valence-electron chi connectivity index (χ3n) is 7.18. The van der Waals surface area contributed by atoms with Crippen LogP contribution in [0.15, 0.2) is 0 Å². The highest BCUT2D eigenvalue weighted by atomic mass is 32.2. The van der Waals surface area contributed by atoms with Gasteiger partial charge in [0.2, 0.25) is 0 Å². The van der Waals surface area contributed by atoms with E-state index in [1.165, 1.54) is 0 Å². The molecule has 0 aliphatic rings. The summed E-state index contributed by atoms with van der Waals surface area (Å²) >= 11 is 0. The largest absolute Gasteiger partial charge is 0.286 e. The average Bonchev–Trinajstić information content (AvgIpc) is 2.86. The molecule has 0 aromatic carbocycles. The summed E-state index contributed by atoms with van der Waals surface area (Å²) in [6.45, 7) is -0.700. The minimum atomic E-state index is -5.72. The maximum Gasteiger partial charge on any atom is 0.281 e. The molecule has 0 heterocycles. The van der Waals surface area contributed by atoms with E-state index < -0.39 is 189 Å². The second-order valence-electron chi connectivity index (χ2n) is 11.6. The Bertz CT molecular complexity index is 1970. The summed E-state index contributed by atoms with van der Waals surface area (Å²) in [7, 11) is -42.4. The lowest BCUT2D eigenvalue weighted by Crippen LogP contribution is -2.60. The Labute approximate surface area is 308 Å². The first-order valence-electron chi connectivity index (χ1n) is 14.5. The van der Waals surface area contributed by atoms with Crippen LogP contribution in [0.3, 0.4) is 0 Å². The van der Waals surface area contributed by atoms with Gasteiger partial charge in [0.25, 0.3) is 80.9 Å². The van der Waals surface area contributed by atoms with E-state index in [4.69, 9.17) is 18.2 Å². The van der Waals surface area contributed by atoms with Crippen molar-refractivity contribution in [3.05, 3.63) is 0 Å². The van der Waals surface area contributed by atoms with Crippen LogP contribution in [0.25, 0.3) is 0 Å². The quantitative estimate of drug-likeness (QED) is 0.0395. The van der Waals surface area contributed by atoms with E-state index in [1.807, 2.05) is 0 Å². The van der Waals surface area contributed by atoms with Crippen molar-refractivity contribution in [1.29, 1.82) is 0 Å². The molecule has 0 aliphatic heterocycles. The van der Waals surface area contributed by atoms with Crippen LogP contribution in [0.1, 0.15) is 58.3 Å². The molecule has 5 atom stereocenters. The molecule has 34 heteroatoms. The van der Waals surface area contributed by atoms with E-state index in [1.54, 1.807) is 0 Å². The van der Waals surface area contributed by atoms with E-state index in [0.717, 1.165) is 6.92 Å². The van der Waals surface area contributed by atoms with Crippen molar-refractivity contribution in [3.63, 3.8) is 0 Å². The number of hydrogen-bond acceptors (Lipinski definition) is 18. The zero-order chi connectivity index (χ0) is 42.2. The Hall–Kier alpha value is -0.800. The Balaban J connectivity index is 7.87. The highest BCUT2D eigenvalue weighted by Gasteiger charge is 2.46. The van der Waals surface area contributed by atoms with Crippen LogP contribution < -0.4 is 0 Å². The maximum atomic E-state index is 12.7. The summed E-state index contributed by atoms with van der Waals surface area (Å²) in [6.07, 6.45) is -8.36. The van der Waals surface area contributed by atoms with Gasteiger partial charge in [0.1, 0.15) is 21.5 Å². The first-order valence-corrected chi connectivity index (χ1v) is 26.9. The first kappa shape index (κ1) is 52.2. The smallest absolute Gasteiger partial charge is 0.281 e. The van der Waals surface area contributed by atoms with Crippen LogP contribution in [-0.4, -0.2) is 171 Å². The van der Waals surface area contributed by atoms with Crippen LogP contribution >= 0.6 is 0 Å². The van der Waals surface area contributed by atoms with Gasteiger partial charge in [-0.25, -0.2) is 0 Å². The summed E-state index contributed by atoms with van der Waals surface area (Å²) < 4.78 is 269. The van der Waals surface area contributed by atoms with Crippen molar-refractivity contribution in [2.45, 2.75) is 85.8 Å². The van der Waals surface area contributed by atoms with E-state index >= 15 is 0 Å². The standard InChI is InChI=1S/C19H42N2O24S8/c1-15(21(18(52(40,41)42)8-4-12-48(28,29)30)19(53(43,44)45)9-5-13-49(31,32)33)14-20(16(50(34,35)36)6-2-10-46(22,23)24)17(51(37,38)39)7-3-11-47(25,26)27/h15-19H,2-14H2,1H3,(H,22,23,24)(H,25,26,27)(H,28,29,30)(H,31,32,33)(H,34,35,36)(H,37,38,39)(H,40,41,42)(H,43,44,45). The molecule has 0 saturated carbocycles. The van der Waals surface area contributed by atoms with E-state index in [0.29, 0.717) is 0 Å². The number of hydrogen-bond donors (Lipinski definition) is 8. The van der Waals surface area contributed by atoms with Crippen molar-refractivity contribution in [1.82, 2.24) is 9.80 Å². The summed E-state index contributed by atoms with van der Waals surface area (Å²) in [5.74, 6) is -4.98. The molecule has 26 nitrogen and oxygen atoms in total. The van der Waals surface area contributed by atoms with Crippen LogP contribution in [0.4, 0.5) is 0 Å². The normalized spacial score (nSPS) is 17.4. The van der Waals surface area contributed by atoms with Gasteiger partial charge in [0, 0.05) is 12.6 Å². The third kappa shape index (κ3) is 21.9. The molecule has 0 bridgehead atoms. The average molecular weight is 939 g/mol. The molecule has 0 amide bonds. The molecule has 320 valence electrons. The van der Waals surface area contributed by atoms with Gasteiger partial charge in [-0.3, -0.25) is 46.2 Å². The van der Waals surface area contributed by atoms with Gasteiger partial charge < -0.3 is 0 Å². The van der Waals surface area contributed by atoms with E-state index in [9.17, 15) is 85.6 Å². The topological polar surface area (TPSA) is 441 Å². The molecular weight excluding hydrogens is 897 g/mol. The van der Waals surface area contributed by atoms with Crippen molar-refractivity contribution in [2.24, 2.45) is 0 Å². The van der Waals surface area contributed by atoms with Crippen LogP contribution in [0.5, 0.6) is 0 Å². The maximum absolute atomic E-state index is 12.7. The third-order valence-corrected chi connectivity index (χ3v) is 15.1. The summed E-state index contributed by atoms with van der Waals surface area (Å²) in [6, 6.07) is -2.14. The Morgan fingerprint density at radius 2 is 0.585 bits per heavy atom. The second kappa shape index (κ2) is 19.6. The molecule has 0 aliphatic carbocycles. The van der Waals surface area contributed by atoms with Crippen molar-refractivity contribution >= 4 is 80.9 Å². The minimum Gasteiger partial charge on any atom is -0.286 e. The fourth-order valence-corrected chi connectivity index (χ4v) is 11.8. The summed E-state index contributed by atoms with van der Waals surface area (Å²) in [4.78, 5) is 0.179. The predicted molar refractivity (Wildman–Crippen MR) is 182 cm³/mol. The summed E-state index contributed by atoms with van der Waals surface area (Å²) in [5.41, 5.74) is 0. The first-order chi connectivity index (χ1) is 23.3. The van der Waals surface area contributed by atoms with Gasteiger partial charge in [-0.2, -0.15) is 67.3 Å². The monoisotopic (exact) mass is 938 g/mol. The molecular formula is C19H42N2O24S8. The van der Waals surface area contributed by atoms with Gasteiger partial charge in [-0.05, 0) is 58.3 Å². The fourth-order valence-electron chi connectivity index (χ4n) is 5.21. The fraction of sp³-hybridized carbons (Fsp3) is 1.00. The van der Waals surface area contributed by atoms with Crippen molar-refractivity contribution in [3.8, 4) is 0 Å². The molecule has 0 radical (unpaired) electrons. The number of rotatable bonds is 27. The Morgan fingerprint density at radius 3 is 0.774 bits per heavy atom. The Kier molecular flexibility index (Phi) is 19.3. The van der Waals surface area contributed by atoms with Crippen molar-refractivity contribution < 1.29 is 104 Å². The molecule has 0 rings (SSSR count). The molecule has 8 N–H and O–H groups in total. The van der Waals surface area contributed by atoms with Crippen LogP contribution in [0.2, 0.25) is 0 Å². The van der Waals surface area contributed by atoms with E-state index in [-0.39, 0.29) is 9.80 Å². The lowest BCUT2D eigenvalue weighted by atomic mass is 10.1. The zero-order valence-corrected chi connectivity index (χ0v) is 33.9. The molecule has 0 saturated heterocycles. The van der Waals surface area contributed by atoms with Crippen LogP contribution in [-0.2, 0) is 80.9 Å². The Morgan fingerprint density at radius 1 is 0.377 bits per heavy atom. The lowest BCUT2D eigenvalue weighted by molar-refractivity contribution is 0.0869. The molecule has 0 spiro atoms. The molecule has 53 heavy (non-hydrogen) atoms. The SMILES string of the molecule is CC(CN(C(CCCS(=O)(=O)O)S(=O)(=O)O)C(CCCS(=O)(=O)O)S(=O)(=O)O)N(C(CCCS(=O)(=O)O)S(=O)(=O)O)C(CCCS(=O)(=O)O)S(=O)(=O)O. The number of nitrogens with zero attached hydrogens (tertiary/aromatic N) is 2. The van der Waals surface area contributed by atoms with Gasteiger partial charge >= 0.3 is 0 Å². The van der Waals surface area contributed by atoms with Gasteiger partial charge in [-0.1, -0.05) is 0 Å². The molecule has 0 fully saturated rings.